The third kappa shape index (κ3) is 4.61. The molecule has 0 aromatic rings. The van der Waals surface area contributed by atoms with Crippen molar-refractivity contribution in [3.63, 3.8) is 0 Å². The molecule has 0 aromatic heterocycles. The average molecular weight is 250 g/mol. The first kappa shape index (κ1) is 15.6. The summed E-state index contributed by atoms with van der Waals surface area (Å²) in [6, 6.07) is 0. The number of nitrogens with zero attached hydrogens (tertiary/aromatic N) is 2. The molecule has 0 rings (SSSR count). The lowest BCUT2D eigenvalue weighted by Crippen LogP contribution is -2.43. The molecule has 0 aliphatic heterocycles. The summed E-state index contributed by atoms with van der Waals surface area (Å²) in [7, 11) is -1.90. The van der Waals surface area contributed by atoms with Gasteiger partial charge in [-0.15, -0.1) is 0 Å². The van der Waals surface area contributed by atoms with Gasteiger partial charge in [-0.05, 0) is 13.3 Å². The van der Waals surface area contributed by atoms with Gasteiger partial charge in [-0.25, -0.2) is 0 Å². The van der Waals surface area contributed by atoms with Crippen molar-refractivity contribution in [2.75, 3.05) is 33.3 Å². The Balaban J connectivity index is 4.65. The number of hydrogen-bond donors (Lipinski definition) is 1. The maximum absolute atomic E-state index is 12.0. The molecule has 0 atom stereocenters. The second-order valence-electron chi connectivity index (χ2n) is 3.79. The van der Waals surface area contributed by atoms with E-state index in [1.807, 2.05) is 0 Å². The Hall–Kier alpha value is -0.430. The molecule has 0 saturated heterocycles. The molecule has 16 heavy (non-hydrogen) atoms. The van der Waals surface area contributed by atoms with E-state index in [4.69, 9.17) is 5.11 Å². The third-order valence-corrected chi connectivity index (χ3v) is 4.16. The van der Waals surface area contributed by atoms with Crippen LogP contribution >= 0.6 is 0 Å². The summed E-state index contributed by atoms with van der Waals surface area (Å²) in [6.07, 6.45) is 0.445. The maximum atomic E-state index is 12.0. The highest BCUT2D eigenvalue weighted by Crippen LogP contribution is 2.08. The van der Waals surface area contributed by atoms with Crippen LogP contribution in [0.2, 0.25) is 0 Å². The highest BCUT2D eigenvalue weighted by Gasteiger charge is 2.24. The van der Waals surface area contributed by atoms with Gasteiger partial charge < -0.3 is 5.11 Å². The summed E-state index contributed by atoms with van der Waals surface area (Å²) in [5.74, 6) is 0. The van der Waals surface area contributed by atoms with E-state index in [0.29, 0.717) is 26.1 Å². The molecule has 0 bridgehead atoms. The molecule has 0 aliphatic carbocycles. The third-order valence-electron chi connectivity index (χ3n) is 2.15. The van der Waals surface area contributed by atoms with Crippen molar-refractivity contribution < 1.29 is 13.5 Å². The Morgan fingerprint density at radius 3 is 2.38 bits per heavy atom. The second kappa shape index (κ2) is 7.01. The zero-order valence-electron chi connectivity index (χ0n) is 10.3. The van der Waals surface area contributed by atoms with Gasteiger partial charge in [-0.1, -0.05) is 19.1 Å². The first-order valence-corrected chi connectivity index (χ1v) is 6.72. The van der Waals surface area contributed by atoms with Crippen LogP contribution in [0.15, 0.2) is 12.2 Å². The molecular weight excluding hydrogens is 228 g/mol. The van der Waals surface area contributed by atoms with E-state index in [1.54, 1.807) is 13.8 Å². The van der Waals surface area contributed by atoms with Crippen LogP contribution in [0.5, 0.6) is 0 Å². The van der Waals surface area contributed by atoms with Gasteiger partial charge in [0, 0.05) is 33.3 Å². The molecule has 0 unspecified atom stereocenters. The van der Waals surface area contributed by atoms with Crippen molar-refractivity contribution in [2.45, 2.75) is 20.3 Å². The molecule has 0 aliphatic rings. The minimum Gasteiger partial charge on any atom is -0.396 e. The van der Waals surface area contributed by atoms with Crippen LogP contribution in [0, 0.1) is 0 Å². The Morgan fingerprint density at radius 2 is 2.00 bits per heavy atom. The predicted molar refractivity (Wildman–Crippen MR) is 65.3 cm³/mol. The van der Waals surface area contributed by atoms with Crippen molar-refractivity contribution in [3.05, 3.63) is 12.2 Å². The summed E-state index contributed by atoms with van der Waals surface area (Å²) in [5, 5.41) is 8.67. The standard InChI is InChI=1S/C10H22N2O3S/c1-5-12(9-10(2)3)16(14,15)11(4)7-6-8-13/h13H,2,5-9H2,1,3-4H3. The van der Waals surface area contributed by atoms with Crippen LogP contribution in [-0.4, -0.2) is 55.4 Å². The zero-order chi connectivity index (χ0) is 12.8. The number of aliphatic hydroxyl groups excluding tert-OH is 1. The zero-order valence-corrected chi connectivity index (χ0v) is 11.1. The Bertz CT molecular complexity index is 314. The van der Waals surface area contributed by atoms with Gasteiger partial charge >= 0.3 is 0 Å². The van der Waals surface area contributed by atoms with Gasteiger partial charge in [0.2, 0.25) is 0 Å². The Labute approximate surface area is 98.5 Å². The molecular formula is C10H22N2O3S. The fourth-order valence-corrected chi connectivity index (χ4v) is 2.73. The number of rotatable bonds is 8. The number of hydrogen-bond acceptors (Lipinski definition) is 3. The van der Waals surface area contributed by atoms with Gasteiger partial charge in [0.25, 0.3) is 10.2 Å². The first-order chi connectivity index (χ1) is 7.36. The summed E-state index contributed by atoms with van der Waals surface area (Å²) in [6.45, 7) is 8.37. The monoisotopic (exact) mass is 250 g/mol. The van der Waals surface area contributed by atoms with E-state index in [-0.39, 0.29) is 6.61 Å². The highest BCUT2D eigenvalue weighted by atomic mass is 32.2. The van der Waals surface area contributed by atoms with Gasteiger partial charge in [0.05, 0.1) is 0 Å². The van der Waals surface area contributed by atoms with E-state index in [2.05, 4.69) is 6.58 Å². The lowest BCUT2D eigenvalue weighted by atomic mass is 10.3. The summed E-state index contributed by atoms with van der Waals surface area (Å²) >= 11 is 0. The van der Waals surface area contributed by atoms with Crippen LogP contribution in [0.25, 0.3) is 0 Å². The molecule has 0 saturated carbocycles. The number of likely N-dealkylation sites (N-methyl/N-ethyl adjacent to an activating group) is 1. The van der Waals surface area contributed by atoms with Crippen LogP contribution < -0.4 is 0 Å². The van der Waals surface area contributed by atoms with Crippen molar-refractivity contribution in [1.82, 2.24) is 8.61 Å². The fraction of sp³-hybridized carbons (Fsp3) is 0.800. The second-order valence-corrected chi connectivity index (χ2v) is 5.83. The van der Waals surface area contributed by atoms with Crippen LogP contribution in [0.1, 0.15) is 20.3 Å². The van der Waals surface area contributed by atoms with Crippen molar-refractivity contribution in [2.24, 2.45) is 0 Å². The minimum absolute atomic E-state index is 0.00747. The van der Waals surface area contributed by atoms with E-state index >= 15 is 0 Å². The maximum Gasteiger partial charge on any atom is 0.282 e. The molecule has 0 spiro atoms. The van der Waals surface area contributed by atoms with E-state index in [0.717, 1.165) is 5.57 Å². The van der Waals surface area contributed by atoms with E-state index < -0.39 is 10.2 Å². The molecule has 0 radical (unpaired) electrons. The van der Waals surface area contributed by atoms with Crippen LogP contribution in [-0.2, 0) is 10.2 Å². The quantitative estimate of drug-likeness (QED) is 0.636. The average Bonchev–Trinajstić information content (AvgIpc) is 2.21. The molecule has 5 nitrogen and oxygen atoms in total. The van der Waals surface area contributed by atoms with Gasteiger partial charge in [0.1, 0.15) is 0 Å². The van der Waals surface area contributed by atoms with Gasteiger partial charge in [-0.3, -0.25) is 0 Å². The molecule has 0 heterocycles. The molecule has 0 fully saturated rings. The lowest BCUT2D eigenvalue weighted by molar-refractivity contribution is 0.272. The van der Waals surface area contributed by atoms with Gasteiger partial charge in [0.15, 0.2) is 0 Å². The first-order valence-electron chi connectivity index (χ1n) is 5.32. The largest absolute Gasteiger partial charge is 0.396 e. The highest BCUT2D eigenvalue weighted by molar-refractivity contribution is 7.86. The van der Waals surface area contributed by atoms with E-state index in [1.165, 1.54) is 15.7 Å². The smallest absolute Gasteiger partial charge is 0.282 e. The summed E-state index contributed by atoms with van der Waals surface area (Å²) in [5.41, 5.74) is 0.806. The molecule has 0 aromatic carbocycles. The van der Waals surface area contributed by atoms with Gasteiger partial charge in [-0.2, -0.15) is 17.0 Å². The summed E-state index contributed by atoms with van der Waals surface area (Å²) in [4.78, 5) is 0. The molecule has 96 valence electrons. The predicted octanol–water partition coefficient (Wildman–Crippen LogP) is 0.443. The van der Waals surface area contributed by atoms with E-state index in [9.17, 15) is 8.42 Å². The van der Waals surface area contributed by atoms with Crippen molar-refractivity contribution in [3.8, 4) is 0 Å². The minimum atomic E-state index is -3.42. The topological polar surface area (TPSA) is 60.9 Å². The summed E-state index contributed by atoms with van der Waals surface area (Å²) < 4.78 is 26.7. The SMILES string of the molecule is C=C(C)CN(CC)S(=O)(=O)N(C)CCCO. The molecule has 6 heteroatoms. The lowest BCUT2D eigenvalue weighted by Gasteiger charge is -2.26. The van der Waals surface area contributed by atoms with Crippen LogP contribution in [0.3, 0.4) is 0 Å². The Morgan fingerprint density at radius 1 is 1.44 bits per heavy atom. The number of aliphatic hydroxyl groups is 1. The molecule has 0 amide bonds. The van der Waals surface area contributed by atoms with Crippen molar-refractivity contribution >= 4 is 10.2 Å². The fourth-order valence-electron chi connectivity index (χ4n) is 1.26. The van der Waals surface area contributed by atoms with Crippen LogP contribution in [0.4, 0.5) is 0 Å². The normalized spacial score (nSPS) is 12.4. The Kier molecular flexibility index (Phi) is 6.82. The van der Waals surface area contributed by atoms with Crippen molar-refractivity contribution in [1.29, 1.82) is 0 Å². The molecule has 1 N–H and O–H groups in total.